The highest BCUT2D eigenvalue weighted by atomic mass is 19.2. The molecule has 0 N–H and O–H groups in total. The molecule has 0 fully saturated rings. The number of hydrogen-bond acceptors (Lipinski definition) is 1. The summed E-state index contributed by atoms with van der Waals surface area (Å²) in [6.07, 6.45) is 4.49. The molecule has 0 aliphatic carbocycles. The van der Waals surface area contributed by atoms with Crippen LogP contribution in [0.4, 0.5) is 4.48 Å². The van der Waals surface area contributed by atoms with Crippen molar-refractivity contribution in [3.05, 3.63) is 0 Å². The van der Waals surface area contributed by atoms with Crippen LogP contribution in [-0.2, 0) is 0 Å². The molecule has 0 saturated heterocycles. The molecule has 0 heterocycles. The predicted molar refractivity (Wildman–Crippen MR) is 74.4 cm³/mol. The molecule has 0 aromatic carbocycles. The zero-order chi connectivity index (χ0) is 13.4. The zero-order valence-corrected chi connectivity index (χ0v) is 12.6. The summed E-state index contributed by atoms with van der Waals surface area (Å²) in [5, 5.41) is 0.945. The monoisotopic (exact) mass is 235 g/mol. The Morgan fingerprint density at radius 3 is 1.88 bits per heavy atom. The summed E-state index contributed by atoms with van der Waals surface area (Å²) in [4.78, 5) is 0. The molecular formula is C14H34FN. The van der Waals surface area contributed by atoms with E-state index in [-0.39, 0.29) is 0 Å². The van der Waals surface area contributed by atoms with E-state index >= 15 is 0 Å². The summed E-state index contributed by atoms with van der Waals surface area (Å²) in [7, 11) is 0. The second-order valence-electron chi connectivity index (χ2n) is 3.62. The molecular weight excluding hydrogens is 201 g/mol. The van der Waals surface area contributed by atoms with Crippen molar-refractivity contribution in [2.24, 2.45) is 5.92 Å². The smallest absolute Gasteiger partial charge is 0.0316 e. The van der Waals surface area contributed by atoms with Crippen molar-refractivity contribution in [2.45, 2.75) is 74.1 Å². The SMILES string of the molecule is CC.CC.CCCCC(C)CN(F)CCC. The topological polar surface area (TPSA) is 3.24 Å². The lowest BCUT2D eigenvalue weighted by Crippen LogP contribution is -2.21. The summed E-state index contributed by atoms with van der Waals surface area (Å²) in [5.41, 5.74) is 0. The van der Waals surface area contributed by atoms with Gasteiger partial charge < -0.3 is 0 Å². The van der Waals surface area contributed by atoms with Crippen LogP contribution in [0.15, 0.2) is 0 Å². The third kappa shape index (κ3) is 19.5. The molecule has 0 aliphatic rings. The van der Waals surface area contributed by atoms with Gasteiger partial charge in [0, 0.05) is 13.1 Å². The second-order valence-corrected chi connectivity index (χ2v) is 3.62. The molecule has 0 amide bonds. The van der Waals surface area contributed by atoms with E-state index in [1.807, 2.05) is 34.6 Å². The van der Waals surface area contributed by atoms with Crippen molar-refractivity contribution < 1.29 is 4.48 Å². The fourth-order valence-corrected chi connectivity index (χ4v) is 1.32. The summed E-state index contributed by atoms with van der Waals surface area (Å²) in [6.45, 7) is 15.5. The van der Waals surface area contributed by atoms with Crippen LogP contribution >= 0.6 is 0 Å². The standard InChI is InChI=1S/C10H22FN.2C2H6/c1-4-6-7-10(3)9-12(11)8-5-2;2*1-2/h10H,4-9H2,1-3H3;2*1-2H3. The molecule has 0 spiro atoms. The van der Waals surface area contributed by atoms with Crippen LogP contribution in [0.2, 0.25) is 0 Å². The van der Waals surface area contributed by atoms with E-state index in [1.165, 1.54) is 12.8 Å². The van der Waals surface area contributed by atoms with Crippen LogP contribution in [0.25, 0.3) is 0 Å². The van der Waals surface area contributed by atoms with Crippen LogP contribution in [0.3, 0.4) is 0 Å². The molecule has 1 nitrogen and oxygen atoms in total. The van der Waals surface area contributed by atoms with Crippen LogP contribution in [0.5, 0.6) is 0 Å². The van der Waals surface area contributed by atoms with Crippen LogP contribution in [0.1, 0.15) is 74.1 Å². The first-order chi connectivity index (χ1) is 7.70. The van der Waals surface area contributed by atoms with Crippen LogP contribution in [0, 0.1) is 5.92 Å². The molecule has 0 bridgehead atoms. The van der Waals surface area contributed by atoms with Gasteiger partial charge >= 0.3 is 0 Å². The van der Waals surface area contributed by atoms with E-state index in [0.29, 0.717) is 19.0 Å². The first-order valence-electron chi connectivity index (χ1n) is 7.11. The zero-order valence-electron chi connectivity index (χ0n) is 12.6. The number of rotatable bonds is 7. The first-order valence-corrected chi connectivity index (χ1v) is 7.11. The van der Waals surface area contributed by atoms with E-state index < -0.39 is 0 Å². The van der Waals surface area contributed by atoms with E-state index in [4.69, 9.17) is 0 Å². The maximum absolute atomic E-state index is 12.9. The van der Waals surface area contributed by atoms with E-state index in [2.05, 4.69) is 13.8 Å². The maximum Gasteiger partial charge on any atom is 0.0316 e. The van der Waals surface area contributed by atoms with Gasteiger partial charge in [0.2, 0.25) is 0 Å². The minimum Gasteiger partial charge on any atom is -0.146 e. The third-order valence-electron chi connectivity index (χ3n) is 2.03. The molecule has 0 aromatic heterocycles. The van der Waals surface area contributed by atoms with Crippen molar-refractivity contribution >= 4 is 0 Å². The number of unbranched alkanes of at least 4 members (excludes halogenated alkanes) is 1. The van der Waals surface area contributed by atoms with Crippen LogP contribution in [-0.4, -0.2) is 18.2 Å². The average molecular weight is 235 g/mol. The van der Waals surface area contributed by atoms with Gasteiger partial charge in [-0.1, -0.05) is 61.3 Å². The summed E-state index contributed by atoms with van der Waals surface area (Å²) >= 11 is 0. The van der Waals surface area contributed by atoms with Crippen molar-refractivity contribution in [2.75, 3.05) is 13.1 Å². The summed E-state index contributed by atoms with van der Waals surface area (Å²) in [5.74, 6) is 0.501. The molecule has 0 radical (unpaired) electrons. The Labute approximate surface area is 103 Å². The second kappa shape index (κ2) is 20.3. The Kier molecular flexibility index (Phi) is 26.9. The Balaban J connectivity index is -0.000000376. The van der Waals surface area contributed by atoms with Crippen molar-refractivity contribution in [1.29, 1.82) is 0 Å². The number of halogens is 1. The van der Waals surface area contributed by atoms with E-state index in [1.54, 1.807) is 0 Å². The lowest BCUT2D eigenvalue weighted by molar-refractivity contribution is 0.00983. The van der Waals surface area contributed by atoms with E-state index in [9.17, 15) is 4.48 Å². The predicted octanol–water partition coefficient (Wildman–Crippen LogP) is 5.46. The molecule has 16 heavy (non-hydrogen) atoms. The van der Waals surface area contributed by atoms with Gasteiger partial charge in [0.1, 0.15) is 0 Å². The van der Waals surface area contributed by atoms with Crippen molar-refractivity contribution in [3.63, 3.8) is 0 Å². The minimum absolute atomic E-state index is 0.501. The Morgan fingerprint density at radius 1 is 1.00 bits per heavy atom. The highest BCUT2D eigenvalue weighted by Gasteiger charge is 2.07. The minimum atomic E-state index is 0.501. The highest BCUT2D eigenvalue weighted by molar-refractivity contribution is 4.55. The van der Waals surface area contributed by atoms with Gasteiger partial charge in [0.15, 0.2) is 0 Å². The molecule has 1 unspecified atom stereocenters. The first kappa shape index (κ1) is 21.2. The largest absolute Gasteiger partial charge is 0.146 e. The molecule has 0 rings (SSSR count). The molecule has 1 atom stereocenters. The highest BCUT2D eigenvalue weighted by Crippen LogP contribution is 2.09. The average Bonchev–Trinajstić information content (AvgIpc) is 2.32. The number of nitrogens with zero attached hydrogens (tertiary/aromatic N) is 1. The molecule has 102 valence electrons. The summed E-state index contributed by atoms with van der Waals surface area (Å²) < 4.78 is 12.9. The Morgan fingerprint density at radius 2 is 1.50 bits per heavy atom. The Bertz CT molecular complexity index is 96.7. The third-order valence-corrected chi connectivity index (χ3v) is 2.03. The van der Waals surface area contributed by atoms with Gasteiger partial charge in [0.05, 0.1) is 0 Å². The Hall–Kier alpha value is -0.110. The molecule has 2 heteroatoms. The fourth-order valence-electron chi connectivity index (χ4n) is 1.32. The molecule has 0 saturated carbocycles. The molecule has 0 aliphatic heterocycles. The van der Waals surface area contributed by atoms with Crippen molar-refractivity contribution in [1.82, 2.24) is 5.12 Å². The van der Waals surface area contributed by atoms with Gasteiger partial charge in [-0.2, -0.15) is 0 Å². The van der Waals surface area contributed by atoms with Gasteiger partial charge in [-0.15, -0.1) is 9.60 Å². The lowest BCUT2D eigenvalue weighted by atomic mass is 10.0. The summed E-state index contributed by atoms with van der Waals surface area (Å²) in [6, 6.07) is 0. The van der Waals surface area contributed by atoms with Gasteiger partial charge in [-0.25, -0.2) is 0 Å². The van der Waals surface area contributed by atoms with Gasteiger partial charge in [0.25, 0.3) is 0 Å². The lowest BCUT2D eigenvalue weighted by Gasteiger charge is -2.15. The van der Waals surface area contributed by atoms with E-state index in [0.717, 1.165) is 18.0 Å². The van der Waals surface area contributed by atoms with Crippen LogP contribution < -0.4 is 0 Å². The quantitative estimate of drug-likeness (QED) is 0.529. The number of hydrogen-bond donors (Lipinski definition) is 0. The van der Waals surface area contributed by atoms with Crippen molar-refractivity contribution in [3.8, 4) is 0 Å². The fraction of sp³-hybridized carbons (Fsp3) is 1.00. The van der Waals surface area contributed by atoms with Gasteiger partial charge in [-0.05, 0) is 18.8 Å². The molecule has 0 aromatic rings. The normalized spacial score (nSPS) is 11.1. The maximum atomic E-state index is 12.9. The van der Waals surface area contributed by atoms with Gasteiger partial charge in [-0.3, -0.25) is 0 Å².